The van der Waals surface area contributed by atoms with E-state index in [1.807, 2.05) is 6.07 Å². The second kappa shape index (κ2) is 20.9. The number of carbonyl (C=O) groups is 2. The van der Waals surface area contributed by atoms with Gasteiger partial charge in [-0.15, -0.1) is 0 Å². The van der Waals surface area contributed by atoms with Crippen LogP contribution in [0.25, 0.3) is 16.6 Å². The van der Waals surface area contributed by atoms with Gasteiger partial charge in [0.05, 0.1) is 39.9 Å². The number of amides is 2. The predicted molar refractivity (Wildman–Crippen MR) is 256 cm³/mol. The minimum absolute atomic E-state index is 0.0211. The Morgan fingerprint density at radius 2 is 1.86 bits per heavy atom. The third kappa shape index (κ3) is 11.9. The molecule has 16 nitrogen and oxygen atoms in total. The van der Waals surface area contributed by atoms with E-state index >= 15 is 0 Å². The molecule has 3 N–H and O–H groups in total. The Bertz CT molecular complexity index is 2800. The number of nitrogens with zero attached hydrogens (tertiary/aromatic N) is 5. The van der Waals surface area contributed by atoms with Crippen molar-refractivity contribution in [2.75, 3.05) is 82.9 Å². The molecule has 2 aromatic heterocycles. The molecule has 2 saturated heterocycles. The highest BCUT2D eigenvalue weighted by Crippen LogP contribution is 2.46. The Morgan fingerprint density at radius 3 is 2.59 bits per heavy atom. The summed E-state index contributed by atoms with van der Waals surface area (Å²) in [7, 11) is -0.803. The summed E-state index contributed by atoms with van der Waals surface area (Å²) in [5.41, 5.74) is 3.20. The summed E-state index contributed by atoms with van der Waals surface area (Å²) in [6.45, 7) is 8.60. The van der Waals surface area contributed by atoms with Crippen LogP contribution in [0.4, 0.5) is 30.2 Å². The highest BCUT2D eigenvalue weighted by molar-refractivity contribution is 7.83. The molecule has 2 amide bonds. The summed E-state index contributed by atoms with van der Waals surface area (Å²) >= 11 is 6.54. The van der Waals surface area contributed by atoms with E-state index in [-0.39, 0.29) is 63.6 Å². The molecule has 0 bridgehead atoms. The number of hydrogen-bond acceptors (Lipinski definition) is 12. The number of aromatic nitrogens is 2. The Labute approximate surface area is 403 Å². The first-order chi connectivity index (χ1) is 32.9. The molecule has 3 aromatic carbocycles. The van der Waals surface area contributed by atoms with Crippen molar-refractivity contribution in [2.24, 2.45) is 5.41 Å². The number of methoxy groups -OCH3 is 1. The van der Waals surface area contributed by atoms with Crippen LogP contribution in [-0.2, 0) is 31.4 Å². The molecule has 0 saturated carbocycles. The number of hydrogen-bond donors (Lipinski definition) is 3. The zero-order valence-electron chi connectivity index (χ0n) is 38.2. The van der Waals surface area contributed by atoms with E-state index in [1.165, 1.54) is 37.1 Å². The van der Waals surface area contributed by atoms with Crippen molar-refractivity contribution in [1.82, 2.24) is 24.5 Å². The van der Waals surface area contributed by atoms with Gasteiger partial charge in [0.2, 0.25) is 5.91 Å². The first kappa shape index (κ1) is 49.4. The molecule has 4 heterocycles. The highest BCUT2D eigenvalue weighted by Gasteiger charge is 2.34. The van der Waals surface area contributed by atoms with Gasteiger partial charge in [-0.05, 0) is 84.3 Å². The first-order valence-electron chi connectivity index (χ1n) is 22.4. The van der Waals surface area contributed by atoms with Gasteiger partial charge in [0.25, 0.3) is 11.6 Å². The number of anilines is 2. The average Bonchev–Trinajstić information content (AvgIpc) is 3.79. The Kier molecular flexibility index (Phi) is 14.9. The van der Waals surface area contributed by atoms with Crippen LogP contribution in [0.2, 0.25) is 5.02 Å². The Morgan fingerprint density at radius 1 is 1.06 bits per heavy atom. The first-order valence-corrected chi connectivity index (χ1v) is 23.9. The van der Waals surface area contributed by atoms with E-state index in [4.69, 9.17) is 25.8 Å². The van der Waals surface area contributed by atoms with Crippen LogP contribution in [-0.4, -0.2) is 119 Å². The maximum atomic E-state index is 14.0. The van der Waals surface area contributed by atoms with Gasteiger partial charge in [-0.25, -0.2) is 9.19 Å². The zero-order chi connectivity index (χ0) is 49.0. The molecule has 2 atom stereocenters. The van der Waals surface area contributed by atoms with E-state index in [2.05, 4.69) is 43.7 Å². The SMILES string of the molecule is COCC(=O)N1CCOC(CNc2ccc(S(=O)NC(=O)c3ccc(N4CCN(CC5=C(c6ccc(C(F)(F)F)cc6Cl)CC(C)(C)CC5)CC4)cc3Oc3cnc4[nH]ccc4c3)cc2[N+](=O)[O-])C1. The van der Waals surface area contributed by atoms with Gasteiger partial charge in [0.15, 0.2) is 11.0 Å². The van der Waals surface area contributed by atoms with Crippen molar-refractivity contribution in [1.29, 1.82) is 0 Å². The van der Waals surface area contributed by atoms with Crippen molar-refractivity contribution in [3.8, 4) is 11.5 Å². The summed E-state index contributed by atoms with van der Waals surface area (Å²) in [5.74, 6) is -0.439. The summed E-state index contributed by atoms with van der Waals surface area (Å²) in [4.78, 5) is 51.4. The fraction of sp³-hybridized carbons (Fsp3) is 0.396. The third-order valence-electron chi connectivity index (χ3n) is 12.6. The second-order valence-electron chi connectivity index (χ2n) is 18.0. The molecule has 2 unspecified atom stereocenters. The average molecular weight is 994 g/mol. The highest BCUT2D eigenvalue weighted by atomic mass is 35.5. The molecule has 366 valence electrons. The minimum atomic E-state index is -4.50. The lowest BCUT2D eigenvalue weighted by Gasteiger charge is -2.39. The number of nitro benzene ring substituents is 1. The number of carbonyl (C=O) groups excluding carboxylic acids is 2. The number of nitrogens with one attached hydrogen (secondary N) is 3. The molecule has 3 aliphatic rings. The van der Waals surface area contributed by atoms with Crippen LogP contribution in [0.15, 0.2) is 89.6 Å². The molecule has 8 rings (SSSR count). The summed E-state index contributed by atoms with van der Waals surface area (Å²) in [6.07, 6.45) is 0.748. The van der Waals surface area contributed by atoms with Gasteiger partial charge in [-0.3, -0.25) is 29.3 Å². The Hall–Kier alpha value is -6.06. The molecule has 21 heteroatoms. The van der Waals surface area contributed by atoms with Crippen molar-refractivity contribution in [2.45, 2.75) is 50.3 Å². The summed E-state index contributed by atoms with van der Waals surface area (Å²) < 4.78 is 73.7. The minimum Gasteiger partial charge on any atom is -0.455 e. The van der Waals surface area contributed by atoms with E-state index in [0.717, 1.165) is 47.7 Å². The van der Waals surface area contributed by atoms with Gasteiger partial charge in [0.1, 0.15) is 29.4 Å². The van der Waals surface area contributed by atoms with Gasteiger partial charge in [-0.2, -0.15) is 13.2 Å². The van der Waals surface area contributed by atoms with Crippen molar-refractivity contribution in [3.63, 3.8) is 0 Å². The summed E-state index contributed by atoms with van der Waals surface area (Å²) in [5, 5.41) is 16.1. The molecule has 0 spiro atoms. The number of aromatic amines is 1. The van der Waals surface area contributed by atoms with Gasteiger partial charge >= 0.3 is 6.18 Å². The number of fused-ring (bicyclic) bond motifs is 1. The van der Waals surface area contributed by atoms with Gasteiger partial charge in [0, 0.05) is 93.9 Å². The number of alkyl halides is 3. The quantitative estimate of drug-likeness (QED) is 0.0673. The molecule has 2 aliphatic heterocycles. The van der Waals surface area contributed by atoms with E-state index in [0.29, 0.717) is 69.3 Å². The lowest BCUT2D eigenvalue weighted by Crippen LogP contribution is -2.48. The van der Waals surface area contributed by atoms with E-state index in [9.17, 15) is 37.1 Å². The number of morpholine rings is 1. The van der Waals surface area contributed by atoms with Gasteiger partial charge < -0.3 is 34.3 Å². The van der Waals surface area contributed by atoms with E-state index < -0.39 is 39.7 Å². The van der Waals surface area contributed by atoms with Crippen LogP contribution >= 0.6 is 11.6 Å². The molecular formula is C48H52ClF3N8O8S. The lowest BCUT2D eigenvalue weighted by molar-refractivity contribution is -0.384. The molecular weight excluding hydrogens is 941 g/mol. The van der Waals surface area contributed by atoms with Gasteiger partial charge in [-0.1, -0.05) is 37.1 Å². The second-order valence-corrected chi connectivity index (χ2v) is 19.7. The van der Waals surface area contributed by atoms with Crippen LogP contribution in [0.3, 0.4) is 0 Å². The maximum absolute atomic E-state index is 14.0. The maximum Gasteiger partial charge on any atom is 0.416 e. The monoisotopic (exact) mass is 992 g/mol. The molecule has 5 aromatic rings. The number of H-pyrrole nitrogens is 1. The number of rotatable bonds is 15. The normalized spacial score (nSPS) is 18.3. The van der Waals surface area contributed by atoms with E-state index in [1.54, 1.807) is 35.4 Å². The number of pyridine rings is 1. The number of ether oxygens (including phenoxy) is 3. The van der Waals surface area contributed by atoms with Crippen LogP contribution < -0.4 is 19.7 Å². The van der Waals surface area contributed by atoms with Crippen molar-refractivity contribution >= 4 is 68.1 Å². The number of halogens is 4. The Balaban J connectivity index is 0.971. The fourth-order valence-electron chi connectivity index (χ4n) is 8.88. The predicted octanol–water partition coefficient (Wildman–Crippen LogP) is 8.46. The summed E-state index contributed by atoms with van der Waals surface area (Å²) in [6, 6.07) is 16.2. The number of piperazine rings is 1. The topological polar surface area (TPSA) is 184 Å². The third-order valence-corrected chi connectivity index (χ3v) is 14.0. The molecule has 2 fully saturated rings. The van der Waals surface area contributed by atoms with Crippen LogP contribution in [0.1, 0.15) is 54.6 Å². The van der Waals surface area contributed by atoms with Crippen molar-refractivity contribution < 1.29 is 46.1 Å². The molecule has 69 heavy (non-hydrogen) atoms. The van der Waals surface area contributed by atoms with Crippen molar-refractivity contribution in [3.05, 3.63) is 117 Å². The number of nitro groups is 1. The largest absolute Gasteiger partial charge is 0.455 e. The number of benzene rings is 3. The molecule has 0 radical (unpaired) electrons. The fourth-order valence-corrected chi connectivity index (χ4v) is 9.98. The standard InChI is InChI=1S/C48H52ClF3N8O8S/c1-47(2)12-10-31(39(24-47)37-7-4-32(21-40(37)49)48(50,51)52)27-57-14-16-58(17-15-57)33-5-8-38(43(22-33)68-34-20-30-11-13-53-45(30)55-25-34)46(62)56-69(65)36-6-9-41(42(23-36)60(63)64)54-26-35-28-59(18-19-67-35)44(61)29-66-3/h4-9,11,13,20-23,25,35,54H,10,12,14-19,24,26-29H2,1-3H3,(H,53,55)(H,56,62). The van der Waals surface area contributed by atoms with Crippen LogP contribution in [0, 0.1) is 15.5 Å². The number of allylic oxidation sites excluding steroid dienone is 1. The zero-order valence-corrected chi connectivity index (χ0v) is 39.8. The molecule has 1 aliphatic carbocycles. The van der Waals surface area contributed by atoms with Crippen LogP contribution in [0.5, 0.6) is 11.5 Å². The lowest BCUT2D eigenvalue weighted by atomic mass is 9.72. The smallest absolute Gasteiger partial charge is 0.416 e.